The van der Waals surface area contributed by atoms with Gasteiger partial charge in [-0.3, -0.25) is 19.7 Å². The van der Waals surface area contributed by atoms with Crippen LogP contribution >= 0.6 is 0 Å². The molecule has 1 amide bonds. The first-order valence-corrected chi connectivity index (χ1v) is 7.47. The molecule has 1 aliphatic heterocycles. The topological polar surface area (TPSA) is 112 Å². The highest BCUT2D eigenvalue weighted by atomic mass is 16.6. The number of hydrogen-bond acceptors (Lipinski definition) is 5. The number of aromatic nitrogens is 2. The second kappa shape index (κ2) is 6.36. The lowest BCUT2D eigenvalue weighted by atomic mass is 10.2. The minimum absolute atomic E-state index is 0.0945. The number of epoxide rings is 1. The number of amides is 1. The van der Waals surface area contributed by atoms with Gasteiger partial charge in [0.1, 0.15) is 11.8 Å². The minimum Gasteiger partial charge on any atom is -0.364 e. The van der Waals surface area contributed by atoms with Gasteiger partial charge in [0.05, 0.1) is 23.4 Å². The fourth-order valence-electron chi connectivity index (χ4n) is 2.37. The summed E-state index contributed by atoms with van der Waals surface area (Å²) in [5.74, 6) is -0.554. The molecule has 0 bridgehead atoms. The van der Waals surface area contributed by atoms with Crippen LogP contribution in [0, 0.1) is 10.1 Å². The lowest BCUT2D eigenvalue weighted by Gasteiger charge is -2.02. The summed E-state index contributed by atoms with van der Waals surface area (Å²) >= 11 is 0. The summed E-state index contributed by atoms with van der Waals surface area (Å²) in [4.78, 5) is 34.1. The third-order valence-corrected chi connectivity index (χ3v) is 3.80. The van der Waals surface area contributed by atoms with E-state index >= 15 is 0 Å². The molecule has 3 rings (SSSR count). The van der Waals surface area contributed by atoms with Crippen LogP contribution in [-0.2, 0) is 23.6 Å². The maximum absolute atomic E-state index is 12.3. The first-order valence-electron chi connectivity index (χ1n) is 7.47. The number of hydrogen-bond donors (Lipinski definition) is 1. The number of nitrogens with one attached hydrogen (secondary N) is 1. The van der Waals surface area contributed by atoms with E-state index < -0.39 is 10.8 Å². The SMILES string of the molecule is Cn1cc(NC(=O)c2cc([N+](=O)[O-])cn2C)cc1/C=C/C(=O)C1CO1. The molecule has 0 radical (unpaired) electrons. The Kier molecular flexibility index (Phi) is 4.24. The lowest BCUT2D eigenvalue weighted by molar-refractivity contribution is -0.384. The van der Waals surface area contributed by atoms with E-state index in [4.69, 9.17) is 4.74 Å². The van der Waals surface area contributed by atoms with Gasteiger partial charge in [-0.2, -0.15) is 0 Å². The van der Waals surface area contributed by atoms with Gasteiger partial charge in [0.25, 0.3) is 11.6 Å². The van der Waals surface area contributed by atoms with Gasteiger partial charge in [0, 0.05) is 32.1 Å². The summed E-state index contributed by atoms with van der Waals surface area (Å²) in [5, 5.41) is 13.5. The monoisotopic (exact) mass is 344 g/mol. The molecule has 130 valence electrons. The van der Waals surface area contributed by atoms with Crippen LogP contribution < -0.4 is 5.32 Å². The minimum atomic E-state index is -0.553. The Morgan fingerprint density at radius 1 is 1.32 bits per heavy atom. The van der Waals surface area contributed by atoms with Crippen molar-refractivity contribution in [3.8, 4) is 0 Å². The Hall–Kier alpha value is -3.20. The van der Waals surface area contributed by atoms with Gasteiger partial charge in [0.15, 0.2) is 5.78 Å². The Balaban J connectivity index is 1.72. The largest absolute Gasteiger partial charge is 0.364 e. The van der Waals surface area contributed by atoms with Crippen LogP contribution in [0.25, 0.3) is 6.08 Å². The van der Waals surface area contributed by atoms with Crippen LogP contribution in [0.2, 0.25) is 0 Å². The number of aryl methyl sites for hydroxylation is 2. The van der Waals surface area contributed by atoms with E-state index in [0.717, 1.165) is 5.69 Å². The first kappa shape index (κ1) is 16.7. The summed E-state index contributed by atoms with van der Waals surface area (Å²) in [7, 11) is 3.34. The molecular formula is C16H16N4O5. The smallest absolute Gasteiger partial charge is 0.287 e. The van der Waals surface area contributed by atoms with Crippen molar-refractivity contribution in [1.29, 1.82) is 0 Å². The van der Waals surface area contributed by atoms with E-state index in [0.29, 0.717) is 12.3 Å². The van der Waals surface area contributed by atoms with Crippen LogP contribution in [0.15, 0.2) is 30.6 Å². The highest BCUT2D eigenvalue weighted by Gasteiger charge is 2.28. The lowest BCUT2D eigenvalue weighted by Crippen LogP contribution is -2.14. The number of nitro groups is 1. The number of nitrogens with zero attached hydrogens (tertiary/aromatic N) is 3. The molecule has 2 aromatic heterocycles. The predicted octanol–water partition coefficient (Wildman–Crippen LogP) is 1.51. The summed E-state index contributed by atoms with van der Waals surface area (Å²) in [6.07, 6.45) is 5.72. The molecule has 25 heavy (non-hydrogen) atoms. The summed E-state index contributed by atoms with van der Waals surface area (Å²) < 4.78 is 8.06. The van der Waals surface area contributed by atoms with Crippen molar-refractivity contribution in [2.24, 2.45) is 14.1 Å². The quantitative estimate of drug-likeness (QED) is 0.369. The molecule has 2 aromatic rings. The zero-order valence-electron chi connectivity index (χ0n) is 13.6. The van der Waals surface area contributed by atoms with Crippen LogP contribution in [-0.4, -0.2) is 38.5 Å². The zero-order valence-corrected chi connectivity index (χ0v) is 13.6. The third kappa shape index (κ3) is 3.66. The molecule has 1 fully saturated rings. The van der Waals surface area contributed by atoms with E-state index in [-0.39, 0.29) is 23.3 Å². The summed E-state index contributed by atoms with van der Waals surface area (Å²) in [6, 6.07) is 2.92. The highest BCUT2D eigenvalue weighted by Crippen LogP contribution is 2.19. The highest BCUT2D eigenvalue weighted by molar-refractivity contribution is 6.04. The fraction of sp³-hybridized carbons (Fsp3) is 0.250. The number of carbonyl (C=O) groups excluding carboxylic acids is 2. The van der Waals surface area contributed by atoms with Gasteiger partial charge in [-0.25, -0.2) is 0 Å². The Morgan fingerprint density at radius 3 is 2.64 bits per heavy atom. The van der Waals surface area contributed by atoms with Crippen molar-refractivity contribution in [2.75, 3.05) is 11.9 Å². The number of carbonyl (C=O) groups is 2. The van der Waals surface area contributed by atoms with Gasteiger partial charge in [0.2, 0.25) is 0 Å². The molecule has 0 saturated carbocycles. The van der Waals surface area contributed by atoms with E-state index in [1.165, 1.54) is 22.9 Å². The Labute approximate surface area is 142 Å². The van der Waals surface area contributed by atoms with Crippen molar-refractivity contribution < 1.29 is 19.2 Å². The second-order valence-electron chi connectivity index (χ2n) is 5.73. The predicted molar refractivity (Wildman–Crippen MR) is 89.2 cm³/mol. The molecule has 3 heterocycles. The average molecular weight is 344 g/mol. The standard InChI is InChI=1S/C16H16N4O5/c1-18-7-10(5-11(18)3-4-14(21)15-9-25-15)17-16(22)13-6-12(20(23)24)8-19(13)2/h3-8,15H,9H2,1-2H3,(H,17,22)/b4-3+. The van der Waals surface area contributed by atoms with Crippen molar-refractivity contribution in [2.45, 2.75) is 6.10 Å². The molecule has 1 atom stereocenters. The maximum Gasteiger partial charge on any atom is 0.287 e. The van der Waals surface area contributed by atoms with Crippen molar-refractivity contribution in [1.82, 2.24) is 9.13 Å². The van der Waals surface area contributed by atoms with Gasteiger partial charge in [-0.05, 0) is 18.2 Å². The van der Waals surface area contributed by atoms with Crippen LogP contribution in [0.3, 0.4) is 0 Å². The first-order chi connectivity index (χ1) is 11.8. The van der Waals surface area contributed by atoms with E-state index in [1.54, 1.807) is 37.0 Å². The van der Waals surface area contributed by atoms with Crippen molar-refractivity contribution >= 4 is 29.1 Å². The molecule has 9 heteroatoms. The van der Waals surface area contributed by atoms with Crippen LogP contribution in [0.1, 0.15) is 16.2 Å². The molecule has 0 aliphatic carbocycles. The summed E-state index contributed by atoms with van der Waals surface area (Å²) in [5.41, 5.74) is 1.27. The average Bonchev–Trinajstić information content (AvgIpc) is 3.24. The third-order valence-electron chi connectivity index (χ3n) is 3.80. The second-order valence-corrected chi connectivity index (χ2v) is 5.73. The van der Waals surface area contributed by atoms with Gasteiger partial charge < -0.3 is 19.2 Å². The van der Waals surface area contributed by atoms with Crippen LogP contribution in [0.4, 0.5) is 11.4 Å². The van der Waals surface area contributed by atoms with Crippen molar-refractivity contribution in [3.05, 3.63) is 52.1 Å². The van der Waals surface area contributed by atoms with Crippen LogP contribution in [0.5, 0.6) is 0 Å². The van der Waals surface area contributed by atoms with E-state index in [2.05, 4.69) is 5.32 Å². The molecule has 0 spiro atoms. The van der Waals surface area contributed by atoms with Gasteiger partial charge >= 0.3 is 0 Å². The molecule has 1 N–H and O–H groups in total. The normalized spacial score (nSPS) is 16.2. The molecule has 0 aromatic carbocycles. The summed E-state index contributed by atoms with van der Waals surface area (Å²) in [6.45, 7) is 0.459. The maximum atomic E-state index is 12.3. The van der Waals surface area contributed by atoms with Gasteiger partial charge in [-0.1, -0.05) is 0 Å². The Morgan fingerprint density at radius 2 is 2.04 bits per heavy atom. The van der Waals surface area contributed by atoms with Gasteiger partial charge in [-0.15, -0.1) is 0 Å². The Bertz CT molecular complexity index is 888. The van der Waals surface area contributed by atoms with E-state index in [9.17, 15) is 19.7 Å². The molecule has 1 aliphatic rings. The molecule has 9 nitrogen and oxygen atoms in total. The van der Waals surface area contributed by atoms with Crippen molar-refractivity contribution in [3.63, 3.8) is 0 Å². The number of anilines is 1. The number of ether oxygens (including phenoxy) is 1. The molecular weight excluding hydrogens is 328 g/mol. The number of ketones is 1. The molecule has 1 saturated heterocycles. The van der Waals surface area contributed by atoms with E-state index in [1.807, 2.05) is 0 Å². The molecule has 1 unspecified atom stereocenters. The fourth-order valence-corrected chi connectivity index (χ4v) is 2.37. The zero-order chi connectivity index (χ0) is 18.1. The number of rotatable bonds is 6.